The molecule has 4 atom stereocenters. The molecular weight excluding hydrogens is 328 g/mol. The highest BCUT2D eigenvalue weighted by Gasteiger charge is 2.57. The SMILES string of the molecule is CCn1ncc(Br)c1C(O)C1C2CCc3ccccc3C21. The molecule has 0 amide bonds. The van der Waals surface area contributed by atoms with Gasteiger partial charge in [0.1, 0.15) is 6.10 Å². The molecule has 0 aliphatic heterocycles. The van der Waals surface area contributed by atoms with E-state index in [1.807, 2.05) is 4.68 Å². The third-order valence-corrected chi connectivity index (χ3v) is 5.78. The van der Waals surface area contributed by atoms with Gasteiger partial charge in [-0.2, -0.15) is 5.10 Å². The monoisotopic (exact) mass is 346 g/mol. The summed E-state index contributed by atoms with van der Waals surface area (Å²) in [4.78, 5) is 0. The largest absolute Gasteiger partial charge is 0.386 e. The van der Waals surface area contributed by atoms with Gasteiger partial charge < -0.3 is 5.11 Å². The van der Waals surface area contributed by atoms with Crippen molar-refractivity contribution in [2.24, 2.45) is 11.8 Å². The number of nitrogens with zero attached hydrogens (tertiary/aromatic N) is 2. The van der Waals surface area contributed by atoms with Crippen molar-refractivity contribution in [2.45, 2.75) is 38.3 Å². The van der Waals surface area contributed by atoms with Gasteiger partial charge >= 0.3 is 0 Å². The van der Waals surface area contributed by atoms with Crippen molar-refractivity contribution >= 4 is 15.9 Å². The first kappa shape index (κ1) is 13.5. The maximum Gasteiger partial charge on any atom is 0.100 e. The Morgan fingerprint density at radius 1 is 1.43 bits per heavy atom. The lowest BCUT2D eigenvalue weighted by Crippen LogP contribution is -2.11. The molecular formula is C17H19BrN2O. The number of aryl methyl sites for hydroxylation is 2. The van der Waals surface area contributed by atoms with Crippen molar-refractivity contribution in [1.29, 1.82) is 0 Å². The maximum absolute atomic E-state index is 10.9. The molecule has 1 aromatic carbocycles. The first-order valence-corrected chi connectivity index (χ1v) is 8.48. The minimum atomic E-state index is -0.428. The fourth-order valence-corrected chi connectivity index (χ4v) is 4.68. The second-order valence-electron chi connectivity index (χ2n) is 6.14. The number of aliphatic hydroxyl groups is 1. The molecule has 0 bridgehead atoms. The average Bonchev–Trinajstić information content (AvgIpc) is 3.14. The highest BCUT2D eigenvalue weighted by Crippen LogP contribution is 2.64. The third-order valence-electron chi connectivity index (χ3n) is 5.17. The van der Waals surface area contributed by atoms with Crippen LogP contribution in [0.2, 0.25) is 0 Å². The van der Waals surface area contributed by atoms with E-state index in [0.717, 1.165) is 23.1 Å². The van der Waals surface area contributed by atoms with Crippen LogP contribution in [-0.4, -0.2) is 14.9 Å². The molecule has 110 valence electrons. The van der Waals surface area contributed by atoms with Crippen LogP contribution < -0.4 is 0 Å². The summed E-state index contributed by atoms with van der Waals surface area (Å²) in [6, 6.07) is 8.72. The van der Waals surface area contributed by atoms with E-state index >= 15 is 0 Å². The van der Waals surface area contributed by atoms with E-state index < -0.39 is 6.10 Å². The molecule has 1 heterocycles. The molecule has 1 N–H and O–H groups in total. The maximum atomic E-state index is 10.9. The summed E-state index contributed by atoms with van der Waals surface area (Å²) in [5.74, 6) is 1.49. The van der Waals surface area contributed by atoms with Crippen LogP contribution in [0.25, 0.3) is 0 Å². The van der Waals surface area contributed by atoms with Crippen LogP contribution in [0.15, 0.2) is 34.9 Å². The van der Waals surface area contributed by atoms with Crippen molar-refractivity contribution in [3.05, 3.63) is 51.8 Å². The van der Waals surface area contributed by atoms with E-state index in [0.29, 0.717) is 17.8 Å². The molecule has 0 spiro atoms. The van der Waals surface area contributed by atoms with Crippen molar-refractivity contribution in [3.63, 3.8) is 0 Å². The quantitative estimate of drug-likeness (QED) is 0.920. The Bertz CT molecular complexity index is 681. The molecule has 2 aromatic rings. The van der Waals surface area contributed by atoms with E-state index in [1.165, 1.54) is 17.5 Å². The molecule has 4 unspecified atom stereocenters. The van der Waals surface area contributed by atoms with Crippen LogP contribution in [0.3, 0.4) is 0 Å². The van der Waals surface area contributed by atoms with Gasteiger partial charge in [-0.1, -0.05) is 24.3 Å². The Balaban J connectivity index is 1.66. The van der Waals surface area contributed by atoms with Crippen LogP contribution >= 0.6 is 15.9 Å². The van der Waals surface area contributed by atoms with Crippen LogP contribution in [0, 0.1) is 11.8 Å². The highest BCUT2D eigenvalue weighted by atomic mass is 79.9. The van der Waals surface area contributed by atoms with Gasteiger partial charge in [-0.3, -0.25) is 4.68 Å². The normalized spacial score (nSPS) is 27.9. The Hall–Kier alpha value is -1.13. The van der Waals surface area contributed by atoms with Gasteiger partial charge in [-0.05, 0) is 58.7 Å². The van der Waals surface area contributed by atoms with Gasteiger partial charge in [0.15, 0.2) is 0 Å². The Kier molecular flexibility index (Phi) is 3.19. The van der Waals surface area contributed by atoms with Crippen molar-refractivity contribution in [1.82, 2.24) is 9.78 Å². The molecule has 4 rings (SSSR count). The zero-order chi connectivity index (χ0) is 14.6. The molecule has 1 saturated carbocycles. The Labute approximate surface area is 133 Å². The minimum Gasteiger partial charge on any atom is -0.386 e. The molecule has 1 aromatic heterocycles. The average molecular weight is 347 g/mol. The molecule has 21 heavy (non-hydrogen) atoms. The smallest absolute Gasteiger partial charge is 0.100 e. The predicted molar refractivity (Wildman–Crippen MR) is 85.0 cm³/mol. The zero-order valence-electron chi connectivity index (χ0n) is 12.0. The molecule has 0 saturated heterocycles. The second-order valence-corrected chi connectivity index (χ2v) is 7.00. The van der Waals surface area contributed by atoms with Crippen LogP contribution in [0.5, 0.6) is 0 Å². The van der Waals surface area contributed by atoms with E-state index in [4.69, 9.17) is 0 Å². The van der Waals surface area contributed by atoms with Crippen molar-refractivity contribution in [2.75, 3.05) is 0 Å². The lowest BCUT2D eigenvalue weighted by molar-refractivity contribution is 0.134. The lowest BCUT2D eigenvalue weighted by Gasteiger charge is -2.14. The standard InChI is InChI=1S/C17H19BrN2O/c1-2-20-16(13(18)9-19-20)17(21)15-12-8-7-10-5-3-4-6-11(10)14(12)15/h3-6,9,12,14-15,17,21H,2,7-8H2,1H3. The summed E-state index contributed by atoms with van der Waals surface area (Å²) < 4.78 is 2.83. The van der Waals surface area contributed by atoms with Crippen LogP contribution in [-0.2, 0) is 13.0 Å². The molecule has 2 aliphatic carbocycles. The highest BCUT2D eigenvalue weighted by molar-refractivity contribution is 9.10. The van der Waals surface area contributed by atoms with E-state index in [9.17, 15) is 5.11 Å². The molecule has 3 nitrogen and oxygen atoms in total. The second kappa shape index (κ2) is 4.96. The first-order chi connectivity index (χ1) is 10.2. The summed E-state index contributed by atoms with van der Waals surface area (Å²) in [5.41, 5.74) is 3.86. The Morgan fingerprint density at radius 2 is 2.24 bits per heavy atom. The number of aromatic nitrogens is 2. The summed E-state index contributed by atoms with van der Waals surface area (Å²) in [7, 11) is 0. The van der Waals surface area contributed by atoms with E-state index in [-0.39, 0.29) is 0 Å². The van der Waals surface area contributed by atoms with E-state index in [2.05, 4.69) is 52.2 Å². The van der Waals surface area contributed by atoms with Crippen LogP contribution in [0.1, 0.15) is 42.2 Å². The number of benzene rings is 1. The van der Waals surface area contributed by atoms with Gasteiger partial charge in [0.05, 0.1) is 16.4 Å². The van der Waals surface area contributed by atoms with Gasteiger partial charge in [0.25, 0.3) is 0 Å². The van der Waals surface area contributed by atoms with Crippen molar-refractivity contribution < 1.29 is 5.11 Å². The minimum absolute atomic E-state index is 0.340. The zero-order valence-corrected chi connectivity index (χ0v) is 13.6. The number of aliphatic hydroxyl groups excluding tert-OH is 1. The lowest BCUT2D eigenvalue weighted by atomic mass is 9.92. The fraction of sp³-hybridized carbons (Fsp3) is 0.471. The number of fused-ring (bicyclic) bond motifs is 3. The van der Waals surface area contributed by atoms with Crippen LogP contribution in [0.4, 0.5) is 0 Å². The number of hydrogen-bond acceptors (Lipinski definition) is 2. The van der Waals surface area contributed by atoms with Crippen molar-refractivity contribution in [3.8, 4) is 0 Å². The summed E-state index contributed by atoms with van der Waals surface area (Å²) in [6.45, 7) is 2.85. The summed E-state index contributed by atoms with van der Waals surface area (Å²) >= 11 is 3.54. The van der Waals surface area contributed by atoms with Gasteiger partial charge in [0.2, 0.25) is 0 Å². The molecule has 1 fully saturated rings. The van der Waals surface area contributed by atoms with Gasteiger partial charge in [-0.25, -0.2) is 0 Å². The number of halogens is 1. The number of rotatable bonds is 3. The summed E-state index contributed by atoms with van der Waals surface area (Å²) in [5, 5.41) is 15.2. The summed E-state index contributed by atoms with van der Waals surface area (Å²) in [6.07, 6.45) is 3.71. The Morgan fingerprint density at radius 3 is 3.05 bits per heavy atom. The van der Waals surface area contributed by atoms with Gasteiger partial charge in [-0.15, -0.1) is 0 Å². The first-order valence-electron chi connectivity index (χ1n) is 7.69. The molecule has 2 aliphatic rings. The van der Waals surface area contributed by atoms with Gasteiger partial charge in [0, 0.05) is 12.5 Å². The van der Waals surface area contributed by atoms with E-state index in [1.54, 1.807) is 6.20 Å². The molecule has 4 heteroatoms. The fourth-order valence-electron chi connectivity index (χ4n) is 4.15. The third kappa shape index (κ3) is 2.00. The topological polar surface area (TPSA) is 38.0 Å². The molecule has 0 radical (unpaired) electrons. The predicted octanol–water partition coefficient (Wildman–Crippen LogP) is 3.67. The number of hydrogen-bond donors (Lipinski definition) is 1.